The van der Waals surface area contributed by atoms with Gasteiger partial charge < -0.3 is 5.32 Å². The molecule has 0 amide bonds. The largest absolute Gasteiger partial charge is 0.316 e. The Morgan fingerprint density at radius 2 is 1.80 bits per heavy atom. The molecule has 0 bridgehead atoms. The van der Waals surface area contributed by atoms with Crippen LogP contribution in [0.1, 0.15) is 36.9 Å². The zero-order chi connectivity index (χ0) is 17.4. The molecule has 1 aromatic rings. The number of hydrogen-bond acceptors (Lipinski definition) is 2. The third-order valence-corrected chi connectivity index (χ3v) is 6.07. The minimum absolute atomic E-state index is 0.719. The molecular weight excluding hydrogens is 419 g/mol. The molecule has 5 heteroatoms. The molecule has 0 spiro atoms. The Balaban J connectivity index is 1.97. The smallest absolute Gasteiger partial charge is 0.0740 e. The van der Waals surface area contributed by atoms with Gasteiger partial charge in [0.05, 0.1) is 5.69 Å². The Bertz CT molecular complexity index is 841. The van der Waals surface area contributed by atoms with Crippen molar-refractivity contribution in [2.24, 2.45) is 0 Å². The lowest BCUT2D eigenvalue weighted by Crippen LogP contribution is -2.24. The number of halogens is 3. The molecule has 4 rings (SSSR count). The third-order valence-electron chi connectivity index (χ3n) is 5.08. The minimum Gasteiger partial charge on any atom is -0.316 e. The van der Waals surface area contributed by atoms with Crippen LogP contribution in [0.25, 0.3) is 5.57 Å². The number of fused-ring (bicyclic) bond motifs is 1. The molecule has 0 atom stereocenters. The highest BCUT2D eigenvalue weighted by atomic mass is 79.9. The van der Waals surface area contributed by atoms with Gasteiger partial charge in [0.25, 0.3) is 0 Å². The van der Waals surface area contributed by atoms with Crippen LogP contribution in [0.4, 0.5) is 0 Å². The van der Waals surface area contributed by atoms with Crippen LogP contribution in [0.5, 0.6) is 0 Å². The number of hydrogen-bond donors (Lipinski definition) is 1. The topological polar surface area (TPSA) is 24.9 Å². The Hall–Kier alpha value is -0.870. The maximum atomic E-state index is 6.76. The number of allylic oxidation sites excluding steroid dienone is 7. The van der Waals surface area contributed by atoms with E-state index in [-0.39, 0.29) is 0 Å². The zero-order valence-corrected chi connectivity index (χ0v) is 16.9. The zero-order valence-electron chi connectivity index (χ0n) is 13.8. The Kier molecular flexibility index (Phi) is 5.19. The van der Waals surface area contributed by atoms with Gasteiger partial charge in [0.2, 0.25) is 0 Å². The van der Waals surface area contributed by atoms with Gasteiger partial charge in [-0.25, -0.2) is 0 Å². The Morgan fingerprint density at radius 1 is 1.00 bits per heavy atom. The van der Waals surface area contributed by atoms with Gasteiger partial charge in [-0.15, -0.1) is 0 Å². The summed E-state index contributed by atoms with van der Waals surface area (Å²) < 4.78 is 1.03. The number of piperidine rings is 1. The second kappa shape index (κ2) is 7.40. The number of aromatic nitrogens is 1. The first-order valence-electron chi connectivity index (χ1n) is 8.66. The van der Waals surface area contributed by atoms with Crippen molar-refractivity contribution in [1.29, 1.82) is 0 Å². The molecule has 2 nitrogen and oxygen atoms in total. The van der Waals surface area contributed by atoms with Crippen molar-refractivity contribution in [2.45, 2.75) is 32.1 Å². The van der Waals surface area contributed by atoms with Gasteiger partial charge in [-0.3, -0.25) is 4.98 Å². The average molecular weight is 438 g/mol. The molecule has 1 aromatic heterocycles. The van der Waals surface area contributed by atoms with Gasteiger partial charge >= 0.3 is 0 Å². The molecule has 1 fully saturated rings. The van der Waals surface area contributed by atoms with Crippen molar-refractivity contribution in [1.82, 2.24) is 10.3 Å². The molecular formula is C20H19BrCl2N2. The number of aryl methyl sites for hydroxylation is 1. The highest BCUT2D eigenvalue weighted by molar-refractivity contribution is 9.10. The number of pyridine rings is 1. The van der Waals surface area contributed by atoms with E-state index in [0.717, 1.165) is 65.4 Å². The lowest BCUT2D eigenvalue weighted by molar-refractivity contribution is 0.611. The van der Waals surface area contributed by atoms with Crippen molar-refractivity contribution in [3.05, 3.63) is 66.9 Å². The second-order valence-electron chi connectivity index (χ2n) is 6.65. The summed E-state index contributed by atoms with van der Waals surface area (Å²) in [5, 5.41) is 4.91. The van der Waals surface area contributed by atoms with Gasteiger partial charge in [0, 0.05) is 31.9 Å². The summed E-state index contributed by atoms with van der Waals surface area (Å²) in [6, 6.07) is 2.21. The van der Waals surface area contributed by atoms with Crippen molar-refractivity contribution in [3.8, 4) is 0 Å². The normalized spacial score (nSPS) is 21.1. The van der Waals surface area contributed by atoms with E-state index >= 15 is 0 Å². The maximum Gasteiger partial charge on any atom is 0.0740 e. The van der Waals surface area contributed by atoms with Crippen LogP contribution in [0.15, 0.2) is 55.7 Å². The number of rotatable bonds is 0. The van der Waals surface area contributed by atoms with Crippen LogP contribution < -0.4 is 5.32 Å². The molecule has 130 valence electrons. The van der Waals surface area contributed by atoms with Gasteiger partial charge in [-0.05, 0) is 78.8 Å². The standard InChI is InChI=1S/C20H19BrCl2N2/c21-15-9-14-2-1-12-3-4-16(22)10-17(23)18(12)19(20(14)25-11-15)13-5-7-24-8-6-13/h4,9-11,24H,1-3,5-8H2. The molecule has 1 saturated heterocycles. The molecule has 1 N–H and O–H groups in total. The lowest BCUT2D eigenvalue weighted by Gasteiger charge is -2.23. The predicted octanol–water partition coefficient (Wildman–Crippen LogP) is 5.87. The summed E-state index contributed by atoms with van der Waals surface area (Å²) in [4.78, 5) is 4.82. The quantitative estimate of drug-likeness (QED) is 0.548. The van der Waals surface area contributed by atoms with Crippen LogP contribution in [0.2, 0.25) is 0 Å². The molecule has 1 aliphatic heterocycles. The molecule has 0 radical (unpaired) electrons. The summed E-state index contributed by atoms with van der Waals surface area (Å²) in [5.74, 6) is 0. The van der Waals surface area contributed by atoms with Crippen LogP contribution in [0, 0.1) is 0 Å². The van der Waals surface area contributed by atoms with Crippen molar-refractivity contribution < 1.29 is 0 Å². The summed E-state index contributed by atoms with van der Waals surface area (Å²) in [6.45, 7) is 2.02. The lowest BCUT2D eigenvalue weighted by atomic mass is 9.88. The first-order valence-corrected chi connectivity index (χ1v) is 10.2. The summed E-state index contributed by atoms with van der Waals surface area (Å²) >= 11 is 16.6. The third kappa shape index (κ3) is 3.52. The van der Waals surface area contributed by atoms with Crippen molar-refractivity contribution >= 4 is 44.7 Å². The molecule has 2 aliphatic carbocycles. The Morgan fingerprint density at radius 3 is 2.60 bits per heavy atom. The first-order chi connectivity index (χ1) is 12.1. The van der Waals surface area contributed by atoms with Gasteiger partial charge in [0.15, 0.2) is 0 Å². The molecule has 2 heterocycles. The number of nitrogens with one attached hydrogen (secondary N) is 1. The molecule has 3 aliphatic rings. The van der Waals surface area contributed by atoms with Crippen LogP contribution in [-0.2, 0) is 6.42 Å². The van der Waals surface area contributed by atoms with Crippen LogP contribution in [0.3, 0.4) is 0 Å². The summed E-state index contributed by atoms with van der Waals surface area (Å²) in [6.07, 6.45) is 10.7. The average Bonchev–Trinajstić information content (AvgIpc) is 2.85. The Labute approximate surface area is 166 Å². The van der Waals surface area contributed by atoms with Gasteiger partial charge in [0.1, 0.15) is 0 Å². The van der Waals surface area contributed by atoms with Crippen molar-refractivity contribution in [3.63, 3.8) is 0 Å². The van der Waals surface area contributed by atoms with E-state index in [1.54, 1.807) is 0 Å². The van der Waals surface area contributed by atoms with E-state index in [9.17, 15) is 0 Å². The van der Waals surface area contributed by atoms with Crippen molar-refractivity contribution in [2.75, 3.05) is 13.1 Å². The van der Waals surface area contributed by atoms with Crippen LogP contribution in [-0.4, -0.2) is 18.1 Å². The van der Waals surface area contributed by atoms with E-state index in [0.29, 0.717) is 0 Å². The summed E-state index contributed by atoms with van der Waals surface area (Å²) in [5.41, 5.74) is 7.62. The molecule has 0 unspecified atom stereocenters. The van der Waals surface area contributed by atoms with E-state index in [2.05, 4.69) is 33.4 Å². The number of nitrogens with zero attached hydrogens (tertiary/aromatic N) is 1. The fraction of sp³-hybridized carbons (Fsp3) is 0.350. The summed E-state index contributed by atoms with van der Waals surface area (Å²) in [7, 11) is 0. The van der Waals surface area contributed by atoms with E-state index < -0.39 is 0 Å². The minimum atomic E-state index is 0.719. The highest BCUT2D eigenvalue weighted by Crippen LogP contribution is 2.44. The molecule has 25 heavy (non-hydrogen) atoms. The first kappa shape index (κ1) is 17.5. The van der Waals surface area contributed by atoms with Gasteiger partial charge in [-0.2, -0.15) is 0 Å². The van der Waals surface area contributed by atoms with E-state index in [1.807, 2.05) is 12.3 Å². The fourth-order valence-electron chi connectivity index (χ4n) is 3.89. The second-order valence-corrected chi connectivity index (χ2v) is 8.41. The predicted molar refractivity (Wildman–Crippen MR) is 109 cm³/mol. The van der Waals surface area contributed by atoms with E-state index in [1.165, 1.54) is 27.9 Å². The fourth-order valence-corrected chi connectivity index (χ4v) is 4.86. The van der Waals surface area contributed by atoms with Gasteiger partial charge in [-0.1, -0.05) is 40.4 Å². The SMILES string of the molecule is ClC1=CCC2=C(C(Cl)=C1)C(=C1CCNCC1)c1ncc(Br)cc1CC2. The van der Waals surface area contributed by atoms with E-state index in [4.69, 9.17) is 28.2 Å². The molecule has 0 aromatic carbocycles. The monoisotopic (exact) mass is 436 g/mol. The maximum absolute atomic E-state index is 6.76. The highest BCUT2D eigenvalue weighted by Gasteiger charge is 2.28. The van der Waals surface area contributed by atoms with Crippen LogP contribution >= 0.6 is 39.1 Å². The molecule has 0 saturated carbocycles.